The maximum atomic E-state index is 13.2. The molecule has 2 aromatic rings. The molecule has 2 N–H and O–H groups in total. The van der Waals surface area contributed by atoms with Gasteiger partial charge < -0.3 is 5.11 Å². The van der Waals surface area contributed by atoms with E-state index in [4.69, 9.17) is 0 Å². The van der Waals surface area contributed by atoms with Gasteiger partial charge in [0.25, 0.3) is 0 Å². The monoisotopic (exact) mass is 445 g/mol. The van der Waals surface area contributed by atoms with Gasteiger partial charge in [0, 0.05) is 30.7 Å². The molecule has 1 aromatic carbocycles. The molecule has 10 heteroatoms. The minimum atomic E-state index is -4.71. The van der Waals surface area contributed by atoms with Crippen LogP contribution in [-0.4, -0.2) is 55.2 Å². The number of aliphatic hydroxyl groups is 1. The zero-order valence-electron chi connectivity index (χ0n) is 16.7. The van der Waals surface area contributed by atoms with Crippen molar-refractivity contribution in [3.8, 4) is 0 Å². The SMILES string of the molecule is CC[C@H]1CCCCN1C[C@@H](O)CNS(=O)(=O)c1cc(C(F)(F)F)cc2ncccc12. The number of nitrogens with zero attached hydrogens (tertiary/aromatic N) is 2. The quantitative estimate of drug-likeness (QED) is 0.684. The van der Waals surface area contributed by atoms with Crippen molar-refractivity contribution in [3.63, 3.8) is 0 Å². The summed E-state index contributed by atoms with van der Waals surface area (Å²) >= 11 is 0. The van der Waals surface area contributed by atoms with Gasteiger partial charge in [-0.1, -0.05) is 13.3 Å². The Balaban J connectivity index is 1.79. The van der Waals surface area contributed by atoms with E-state index in [1.165, 1.54) is 18.3 Å². The van der Waals surface area contributed by atoms with E-state index >= 15 is 0 Å². The Morgan fingerprint density at radius 1 is 1.33 bits per heavy atom. The molecule has 0 aliphatic carbocycles. The average Bonchev–Trinajstić information content (AvgIpc) is 2.71. The highest BCUT2D eigenvalue weighted by atomic mass is 32.2. The molecule has 1 aliphatic heterocycles. The standard InChI is InChI=1S/C20H26F3N3O3S/c1-2-15-6-3-4-9-26(15)13-16(27)12-25-30(28,29)19-11-14(20(21,22)23)10-18-17(19)7-5-8-24-18/h5,7-8,10-11,15-16,25,27H,2-4,6,9,12-13H2,1H3/t15-,16-/m0/s1. The maximum absolute atomic E-state index is 13.2. The van der Waals surface area contributed by atoms with Crippen LogP contribution in [0.1, 0.15) is 38.2 Å². The number of fused-ring (bicyclic) bond motifs is 1. The van der Waals surface area contributed by atoms with Crippen LogP contribution in [0.4, 0.5) is 13.2 Å². The largest absolute Gasteiger partial charge is 0.416 e. The lowest BCUT2D eigenvalue weighted by molar-refractivity contribution is -0.137. The highest BCUT2D eigenvalue weighted by molar-refractivity contribution is 7.89. The van der Waals surface area contributed by atoms with E-state index in [-0.39, 0.29) is 17.4 Å². The fraction of sp³-hybridized carbons (Fsp3) is 0.550. The maximum Gasteiger partial charge on any atom is 0.416 e. The molecule has 1 aromatic heterocycles. The lowest BCUT2D eigenvalue weighted by Crippen LogP contribution is -2.46. The van der Waals surface area contributed by atoms with Gasteiger partial charge in [-0.3, -0.25) is 9.88 Å². The molecule has 2 atom stereocenters. The van der Waals surface area contributed by atoms with Crippen molar-refractivity contribution in [1.29, 1.82) is 0 Å². The normalized spacial score (nSPS) is 19.8. The Bertz CT molecular complexity index is 982. The molecule has 6 nitrogen and oxygen atoms in total. The highest BCUT2D eigenvalue weighted by Gasteiger charge is 2.33. The zero-order chi connectivity index (χ0) is 21.9. The van der Waals surface area contributed by atoms with Gasteiger partial charge in [-0.2, -0.15) is 13.2 Å². The number of pyridine rings is 1. The predicted octanol–water partition coefficient (Wildman–Crippen LogP) is 3.16. The van der Waals surface area contributed by atoms with Crippen molar-refractivity contribution in [1.82, 2.24) is 14.6 Å². The van der Waals surface area contributed by atoms with Crippen LogP contribution in [0.15, 0.2) is 35.4 Å². The zero-order valence-corrected chi connectivity index (χ0v) is 17.5. The average molecular weight is 446 g/mol. The second-order valence-electron chi connectivity index (χ2n) is 7.60. The number of β-amino-alcohol motifs (C(OH)–C–C–N with tert-alkyl or cyclic N) is 1. The topological polar surface area (TPSA) is 82.5 Å². The molecule has 30 heavy (non-hydrogen) atoms. The molecular formula is C20H26F3N3O3S. The van der Waals surface area contributed by atoms with Crippen molar-refractivity contribution >= 4 is 20.9 Å². The van der Waals surface area contributed by atoms with Crippen LogP contribution >= 0.6 is 0 Å². The first-order valence-corrected chi connectivity index (χ1v) is 11.5. The Morgan fingerprint density at radius 3 is 2.80 bits per heavy atom. The first-order valence-electron chi connectivity index (χ1n) is 9.99. The van der Waals surface area contributed by atoms with Crippen LogP contribution in [0, 0.1) is 0 Å². The molecule has 0 saturated carbocycles. The fourth-order valence-corrected chi connectivity index (χ4v) is 5.23. The third-order valence-electron chi connectivity index (χ3n) is 5.47. The molecule has 1 aliphatic rings. The Kier molecular flexibility index (Phi) is 7.01. The molecular weight excluding hydrogens is 419 g/mol. The molecule has 1 saturated heterocycles. The summed E-state index contributed by atoms with van der Waals surface area (Å²) in [5, 5.41) is 10.5. The number of benzene rings is 1. The highest BCUT2D eigenvalue weighted by Crippen LogP contribution is 2.34. The first-order chi connectivity index (χ1) is 14.1. The number of alkyl halides is 3. The minimum absolute atomic E-state index is 0.0626. The van der Waals surface area contributed by atoms with Crippen LogP contribution in [0.3, 0.4) is 0 Å². The second kappa shape index (κ2) is 9.17. The number of likely N-dealkylation sites (tertiary alicyclic amines) is 1. The Labute approximate surface area is 174 Å². The molecule has 0 unspecified atom stereocenters. The molecule has 166 valence electrons. The van der Waals surface area contributed by atoms with Crippen molar-refractivity contribution < 1.29 is 26.7 Å². The van der Waals surface area contributed by atoms with E-state index in [1.807, 2.05) is 0 Å². The van der Waals surface area contributed by atoms with Crippen LogP contribution in [-0.2, 0) is 16.2 Å². The van der Waals surface area contributed by atoms with Crippen molar-refractivity contribution in [2.45, 2.75) is 55.8 Å². The molecule has 0 bridgehead atoms. The number of hydrogen-bond acceptors (Lipinski definition) is 5. The van der Waals surface area contributed by atoms with E-state index in [0.29, 0.717) is 18.7 Å². The van der Waals surface area contributed by atoms with Crippen molar-refractivity contribution in [3.05, 3.63) is 36.0 Å². The first kappa shape index (κ1) is 22.9. The third-order valence-corrected chi connectivity index (χ3v) is 6.94. The molecule has 0 spiro atoms. The number of nitrogens with one attached hydrogen (secondary N) is 1. The third kappa shape index (κ3) is 5.29. The minimum Gasteiger partial charge on any atom is -0.390 e. The van der Waals surface area contributed by atoms with Crippen LogP contribution in [0.5, 0.6) is 0 Å². The number of aromatic nitrogens is 1. The fourth-order valence-electron chi connectivity index (χ4n) is 3.92. The van der Waals surface area contributed by atoms with Gasteiger partial charge in [0.2, 0.25) is 10.0 Å². The van der Waals surface area contributed by atoms with Gasteiger partial charge in [-0.05, 0) is 50.1 Å². The summed E-state index contributed by atoms with van der Waals surface area (Å²) in [4.78, 5) is 5.51. The van der Waals surface area contributed by atoms with Gasteiger partial charge in [0.15, 0.2) is 0 Å². The van der Waals surface area contributed by atoms with Crippen LogP contribution in [0.2, 0.25) is 0 Å². The lowest BCUT2D eigenvalue weighted by Gasteiger charge is -2.36. The van der Waals surface area contributed by atoms with Crippen molar-refractivity contribution in [2.75, 3.05) is 19.6 Å². The number of halogens is 3. The summed E-state index contributed by atoms with van der Waals surface area (Å²) in [6.07, 6.45) is -0.230. The van der Waals surface area contributed by atoms with E-state index < -0.39 is 32.8 Å². The number of aliphatic hydroxyl groups excluding tert-OH is 1. The smallest absolute Gasteiger partial charge is 0.390 e. The summed E-state index contributed by atoms with van der Waals surface area (Å²) in [5.41, 5.74) is -1.15. The van der Waals surface area contributed by atoms with Crippen LogP contribution in [0.25, 0.3) is 10.9 Å². The van der Waals surface area contributed by atoms with E-state index in [9.17, 15) is 26.7 Å². The van der Waals surface area contributed by atoms with Crippen molar-refractivity contribution in [2.24, 2.45) is 0 Å². The molecule has 0 amide bonds. The van der Waals surface area contributed by atoms with Gasteiger partial charge >= 0.3 is 6.18 Å². The van der Waals surface area contributed by atoms with Gasteiger partial charge in [-0.15, -0.1) is 0 Å². The summed E-state index contributed by atoms with van der Waals surface area (Å²) in [5.74, 6) is 0. The van der Waals surface area contributed by atoms with E-state index in [0.717, 1.165) is 38.3 Å². The summed E-state index contributed by atoms with van der Waals surface area (Å²) in [6.45, 7) is 2.94. The van der Waals surface area contributed by atoms with E-state index in [1.54, 1.807) is 0 Å². The van der Waals surface area contributed by atoms with E-state index in [2.05, 4.69) is 21.5 Å². The Morgan fingerprint density at radius 2 is 2.10 bits per heavy atom. The summed E-state index contributed by atoms with van der Waals surface area (Å²) < 4.78 is 67.6. The summed E-state index contributed by atoms with van der Waals surface area (Å²) in [6, 6.07) is 4.65. The second-order valence-corrected chi connectivity index (χ2v) is 9.34. The number of rotatable bonds is 7. The van der Waals surface area contributed by atoms with Gasteiger partial charge in [0.05, 0.1) is 22.1 Å². The molecule has 1 fully saturated rings. The number of hydrogen-bond donors (Lipinski definition) is 2. The predicted molar refractivity (Wildman–Crippen MR) is 107 cm³/mol. The van der Waals surface area contributed by atoms with Gasteiger partial charge in [0.1, 0.15) is 0 Å². The Hall–Kier alpha value is -1.75. The number of piperidine rings is 1. The van der Waals surface area contributed by atoms with Gasteiger partial charge in [-0.25, -0.2) is 13.1 Å². The lowest BCUT2D eigenvalue weighted by atomic mass is 9.99. The molecule has 0 radical (unpaired) electrons. The molecule has 3 rings (SSSR count). The molecule has 2 heterocycles. The summed E-state index contributed by atoms with van der Waals surface area (Å²) in [7, 11) is -4.29. The number of sulfonamides is 1. The van der Waals surface area contributed by atoms with Crippen LogP contribution < -0.4 is 4.72 Å².